The van der Waals surface area contributed by atoms with Crippen LogP contribution in [0.2, 0.25) is 0 Å². The Labute approximate surface area is 110 Å². The number of nitrogens with zero attached hydrogens (tertiary/aromatic N) is 1. The molecule has 19 heavy (non-hydrogen) atoms. The van der Waals surface area contributed by atoms with Gasteiger partial charge in [-0.05, 0) is 30.5 Å². The number of rotatable bonds is 3. The van der Waals surface area contributed by atoms with Gasteiger partial charge in [0.25, 0.3) is 0 Å². The Hall–Kier alpha value is -1.81. The van der Waals surface area contributed by atoms with Gasteiger partial charge in [0.05, 0.1) is 11.7 Å². The Morgan fingerprint density at radius 2 is 2.16 bits per heavy atom. The molecule has 2 aromatic rings. The Kier molecular flexibility index (Phi) is 3.25. The molecule has 1 aliphatic rings. The highest BCUT2D eigenvalue weighted by molar-refractivity contribution is 5.28. The fraction of sp³-hybridized carbons (Fsp3) is 0.267. The van der Waals surface area contributed by atoms with Crippen molar-refractivity contribution in [1.29, 1.82) is 0 Å². The summed E-state index contributed by atoms with van der Waals surface area (Å²) in [4.78, 5) is 4.37. The summed E-state index contributed by atoms with van der Waals surface area (Å²) in [5.74, 6) is -1.05. The van der Waals surface area contributed by atoms with E-state index in [9.17, 15) is 8.78 Å². The quantitative estimate of drug-likeness (QED) is 0.917. The zero-order valence-corrected chi connectivity index (χ0v) is 10.4. The van der Waals surface area contributed by atoms with E-state index in [2.05, 4.69) is 16.4 Å². The van der Waals surface area contributed by atoms with Gasteiger partial charge in [0, 0.05) is 24.4 Å². The lowest BCUT2D eigenvalue weighted by molar-refractivity contribution is 0.502. The molecule has 0 radical (unpaired) electrons. The SMILES string of the molecule is Fc1ccc(CNC2CCc3cccnc32)c(F)c1. The molecule has 98 valence electrons. The molecule has 1 aromatic carbocycles. The first-order chi connectivity index (χ1) is 9.24. The van der Waals surface area contributed by atoms with E-state index in [1.54, 1.807) is 6.20 Å². The predicted molar refractivity (Wildman–Crippen MR) is 68.5 cm³/mol. The molecule has 4 heteroatoms. The van der Waals surface area contributed by atoms with Crippen molar-refractivity contribution < 1.29 is 8.78 Å². The molecule has 0 aliphatic heterocycles. The molecule has 0 bridgehead atoms. The zero-order chi connectivity index (χ0) is 13.2. The van der Waals surface area contributed by atoms with Gasteiger partial charge in [0.1, 0.15) is 11.6 Å². The number of benzene rings is 1. The molecule has 2 nitrogen and oxygen atoms in total. The van der Waals surface area contributed by atoms with Gasteiger partial charge in [-0.1, -0.05) is 12.1 Å². The topological polar surface area (TPSA) is 24.9 Å². The minimum absolute atomic E-state index is 0.153. The minimum atomic E-state index is -0.547. The highest BCUT2D eigenvalue weighted by atomic mass is 19.1. The summed E-state index contributed by atoms with van der Waals surface area (Å²) in [5.41, 5.74) is 2.77. The lowest BCUT2D eigenvalue weighted by Gasteiger charge is -2.13. The summed E-state index contributed by atoms with van der Waals surface area (Å²) in [5, 5.41) is 3.29. The molecule has 1 atom stereocenters. The van der Waals surface area contributed by atoms with E-state index < -0.39 is 11.6 Å². The Morgan fingerprint density at radius 1 is 1.26 bits per heavy atom. The lowest BCUT2D eigenvalue weighted by atomic mass is 10.1. The Balaban J connectivity index is 1.71. The highest BCUT2D eigenvalue weighted by Crippen LogP contribution is 2.29. The largest absolute Gasteiger partial charge is 0.304 e. The minimum Gasteiger partial charge on any atom is -0.304 e. The number of fused-ring (bicyclic) bond motifs is 1. The monoisotopic (exact) mass is 260 g/mol. The molecule has 0 saturated carbocycles. The van der Waals surface area contributed by atoms with Crippen molar-refractivity contribution in [2.75, 3.05) is 0 Å². The first kappa shape index (κ1) is 12.2. The van der Waals surface area contributed by atoms with Gasteiger partial charge in [-0.15, -0.1) is 0 Å². The van der Waals surface area contributed by atoms with Crippen LogP contribution < -0.4 is 5.32 Å². The van der Waals surface area contributed by atoms with Gasteiger partial charge in [-0.2, -0.15) is 0 Å². The third-order valence-electron chi connectivity index (χ3n) is 3.51. The van der Waals surface area contributed by atoms with Crippen LogP contribution in [0.4, 0.5) is 8.78 Å². The van der Waals surface area contributed by atoms with E-state index in [0.29, 0.717) is 12.1 Å². The molecule has 3 rings (SSSR count). The van der Waals surface area contributed by atoms with Crippen molar-refractivity contribution in [3.63, 3.8) is 0 Å². The van der Waals surface area contributed by atoms with Gasteiger partial charge < -0.3 is 5.32 Å². The normalized spacial score (nSPS) is 17.5. The zero-order valence-electron chi connectivity index (χ0n) is 10.4. The van der Waals surface area contributed by atoms with Crippen molar-refractivity contribution in [2.24, 2.45) is 0 Å². The van der Waals surface area contributed by atoms with Gasteiger partial charge >= 0.3 is 0 Å². The van der Waals surface area contributed by atoms with Crippen LogP contribution in [-0.2, 0) is 13.0 Å². The van der Waals surface area contributed by atoms with Crippen LogP contribution in [0.15, 0.2) is 36.5 Å². The Morgan fingerprint density at radius 3 is 3.00 bits per heavy atom. The number of nitrogens with one attached hydrogen (secondary N) is 1. The smallest absolute Gasteiger partial charge is 0.130 e. The number of pyridine rings is 1. The summed E-state index contributed by atoms with van der Waals surface area (Å²) in [6.45, 7) is 0.382. The average Bonchev–Trinajstić information content (AvgIpc) is 2.81. The van der Waals surface area contributed by atoms with Gasteiger partial charge in [0.2, 0.25) is 0 Å². The third-order valence-corrected chi connectivity index (χ3v) is 3.51. The molecule has 0 fully saturated rings. The van der Waals surface area contributed by atoms with Crippen LogP contribution in [0, 0.1) is 11.6 Å². The maximum absolute atomic E-state index is 13.5. The van der Waals surface area contributed by atoms with Crippen LogP contribution >= 0.6 is 0 Å². The fourth-order valence-corrected chi connectivity index (χ4v) is 2.51. The van der Waals surface area contributed by atoms with E-state index in [4.69, 9.17) is 0 Å². The van der Waals surface area contributed by atoms with E-state index >= 15 is 0 Å². The molecular formula is C15H14F2N2. The predicted octanol–water partition coefficient (Wildman–Crippen LogP) is 3.14. The van der Waals surface area contributed by atoms with Crippen molar-refractivity contribution in [1.82, 2.24) is 10.3 Å². The van der Waals surface area contributed by atoms with Crippen molar-refractivity contribution in [3.8, 4) is 0 Å². The number of hydrogen-bond acceptors (Lipinski definition) is 2. The van der Waals surface area contributed by atoms with E-state index in [1.807, 2.05) is 6.07 Å². The van der Waals surface area contributed by atoms with Crippen LogP contribution in [0.5, 0.6) is 0 Å². The second kappa shape index (κ2) is 5.05. The molecule has 1 aromatic heterocycles. The molecule has 1 aliphatic carbocycles. The number of halogens is 2. The van der Waals surface area contributed by atoms with E-state index in [-0.39, 0.29) is 6.04 Å². The maximum atomic E-state index is 13.5. The molecule has 1 N–H and O–H groups in total. The van der Waals surface area contributed by atoms with Crippen molar-refractivity contribution in [2.45, 2.75) is 25.4 Å². The summed E-state index contributed by atoms with van der Waals surface area (Å²) in [6, 6.07) is 7.83. The molecule has 0 saturated heterocycles. The summed E-state index contributed by atoms with van der Waals surface area (Å²) in [7, 11) is 0. The number of aryl methyl sites for hydroxylation is 1. The molecule has 1 heterocycles. The summed E-state index contributed by atoms with van der Waals surface area (Å²) < 4.78 is 26.3. The summed E-state index contributed by atoms with van der Waals surface area (Å²) >= 11 is 0. The molecule has 0 amide bonds. The van der Waals surface area contributed by atoms with Crippen molar-refractivity contribution >= 4 is 0 Å². The average molecular weight is 260 g/mol. The standard InChI is InChI=1S/C15H14F2N2/c16-12-5-3-11(13(17)8-12)9-19-14-6-4-10-2-1-7-18-15(10)14/h1-3,5,7-8,14,19H,4,6,9H2. The third kappa shape index (κ3) is 2.49. The van der Waals surface area contributed by atoms with Gasteiger partial charge in [-0.3, -0.25) is 4.98 Å². The molecule has 0 spiro atoms. The van der Waals surface area contributed by atoms with E-state index in [1.165, 1.54) is 17.7 Å². The van der Waals surface area contributed by atoms with Crippen LogP contribution in [-0.4, -0.2) is 4.98 Å². The number of aromatic nitrogens is 1. The van der Waals surface area contributed by atoms with Crippen LogP contribution in [0.25, 0.3) is 0 Å². The highest BCUT2D eigenvalue weighted by Gasteiger charge is 2.23. The second-order valence-corrected chi connectivity index (χ2v) is 4.76. The van der Waals surface area contributed by atoms with E-state index in [0.717, 1.165) is 24.6 Å². The maximum Gasteiger partial charge on any atom is 0.130 e. The van der Waals surface area contributed by atoms with Gasteiger partial charge in [-0.25, -0.2) is 8.78 Å². The first-order valence-corrected chi connectivity index (χ1v) is 6.35. The fourth-order valence-electron chi connectivity index (χ4n) is 2.51. The van der Waals surface area contributed by atoms with Crippen LogP contribution in [0.3, 0.4) is 0 Å². The van der Waals surface area contributed by atoms with Crippen LogP contribution in [0.1, 0.15) is 29.3 Å². The van der Waals surface area contributed by atoms with Gasteiger partial charge in [0.15, 0.2) is 0 Å². The summed E-state index contributed by atoms with van der Waals surface area (Å²) in [6.07, 6.45) is 3.74. The molecule has 1 unspecified atom stereocenters. The molecular weight excluding hydrogens is 246 g/mol. The first-order valence-electron chi connectivity index (χ1n) is 6.35. The Bertz CT molecular complexity index is 598. The second-order valence-electron chi connectivity index (χ2n) is 4.76. The van der Waals surface area contributed by atoms with Crippen molar-refractivity contribution in [3.05, 3.63) is 65.0 Å². The lowest BCUT2D eigenvalue weighted by Crippen LogP contribution is -2.20. The number of hydrogen-bond donors (Lipinski definition) is 1.